The fourth-order valence-electron chi connectivity index (χ4n) is 1.74. The Balaban J connectivity index is 2.71. The molecule has 0 aliphatic heterocycles. The van der Waals surface area contributed by atoms with Crippen LogP contribution in [0.2, 0.25) is 0 Å². The summed E-state index contributed by atoms with van der Waals surface area (Å²) in [6.45, 7) is 0. The van der Waals surface area contributed by atoms with E-state index in [-0.39, 0.29) is 0 Å². The van der Waals surface area contributed by atoms with Gasteiger partial charge in [-0.15, -0.1) is 0 Å². The number of hydrogen-bond acceptors (Lipinski definition) is 3. The van der Waals surface area contributed by atoms with E-state index in [0.717, 1.165) is 0 Å². The van der Waals surface area contributed by atoms with Gasteiger partial charge in [-0.1, -0.05) is 30.0 Å². The topological polar surface area (TPSA) is 74.6 Å². The number of carboxylic acid groups (broad SMARTS) is 2. The minimum Gasteiger partial charge on any atom is -0.478 e. The zero-order valence-corrected chi connectivity index (χ0v) is 11.5. The third-order valence-corrected chi connectivity index (χ3v) is 3.74. The molecule has 0 heterocycles. The Labute approximate surface area is 126 Å². The monoisotopic (exact) mass is 328 g/mol. The highest BCUT2D eigenvalue weighted by atomic mass is 32.2. The molecule has 0 bridgehead atoms. The van der Waals surface area contributed by atoms with Crippen molar-refractivity contribution in [2.24, 2.45) is 0 Å². The maximum absolute atomic E-state index is 14.2. The maximum atomic E-state index is 14.2. The molecule has 0 atom stereocenters. The quantitative estimate of drug-likeness (QED) is 0.838. The largest absolute Gasteiger partial charge is 0.478 e. The van der Waals surface area contributed by atoms with Gasteiger partial charge in [-0.3, -0.25) is 0 Å². The number of halogens is 3. The molecule has 22 heavy (non-hydrogen) atoms. The van der Waals surface area contributed by atoms with Gasteiger partial charge in [0.2, 0.25) is 0 Å². The van der Waals surface area contributed by atoms with E-state index in [1.54, 1.807) is 18.2 Å². The average Bonchev–Trinajstić information content (AvgIpc) is 2.47. The zero-order chi connectivity index (χ0) is 16.4. The fraction of sp³-hybridized carbons (Fsp3) is 0. The molecule has 0 amide bonds. The predicted molar refractivity (Wildman–Crippen MR) is 70.8 cm³/mol. The molecule has 0 spiro atoms. The van der Waals surface area contributed by atoms with Gasteiger partial charge in [-0.05, 0) is 12.1 Å². The lowest BCUT2D eigenvalue weighted by atomic mass is 10.1. The van der Waals surface area contributed by atoms with Crippen LogP contribution in [0.25, 0.3) is 0 Å². The molecule has 0 aromatic heterocycles. The van der Waals surface area contributed by atoms with Crippen LogP contribution in [-0.4, -0.2) is 22.2 Å². The Kier molecular flexibility index (Phi) is 4.41. The predicted octanol–water partition coefficient (Wildman–Crippen LogP) is 3.65. The number of hydrogen-bond donors (Lipinski definition) is 2. The molecular formula is C14H7F3O4S. The van der Waals surface area contributed by atoms with Gasteiger partial charge in [0.25, 0.3) is 0 Å². The third kappa shape index (κ3) is 2.77. The van der Waals surface area contributed by atoms with Crippen molar-refractivity contribution < 1.29 is 33.0 Å². The molecular weight excluding hydrogens is 321 g/mol. The van der Waals surface area contributed by atoms with Gasteiger partial charge in [0.1, 0.15) is 11.1 Å². The van der Waals surface area contributed by atoms with Crippen LogP contribution in [0.15, 0.2) is 40.1 Å². The number of benzene rings is 2. The molecule has 0 saturated carbocycles. The van der Waals surface area contributed by atoms with Crippen LogP contribution < -0.4 is 0 Å². The van der Waals surface area contributed by atoms with Gasteiger partial charge in [-0.25, -0.2) is 22.8 Å². The van der Waals surface area contributed by atoms with Crippen molar-refractivity contribution in [3.8, 4) is 0 Å². The van der Waals surface area contributed by atoms with Crippen molar-refractivity contribution in [2.75, 3.05) is 0 Å². The van der Waals surface area contributed by atoms with Crippen LogP contribution in [0.5, 0.6) is 0 Å². The highest BCUT2D eigenvalue weighted by Crippen LogP contribution is 2.36. The van der Waals surface area contributed by atoms with Crippen molar-refractivity contribution in [1.82, 2.24) is 0 Å². The lowest BCUT2D eigenvalue weighted by Crippen LogP contribution is -2.16. The van der Waals surface area contributed by atoms with Crippen molar-refractivity contribution in [3.63, 3.8) is 0 Å². The first-order chi connectivity index (χ1) is 10.3. The summed E-state index contributed by atoms with van der Waals surface area (Å²) in [6, 6.07) is 7.74. The number of aromatic carboxylic acids is 2. The molecule has 0 aliphatic rings. The van der Waals surface area contributed by atoms with Gasteiger partial charge < -0.3 is 10.2 Å². The van der Waals surface area contributed by atoms with Gasteiger partial charge >= 0.3 is 11.9 Å². The van der Waals surface area contributed by atoms with Gasteiger partial charge in [0, 0.05) is 4.90 Å². The SMILES string of the molecule is O=C(O)c1c(F)c(F)c(Sc2ccccc2)c(F)c1C(=O)O. The standard InChI is InChI=1S/C14H7F3O4S/c15-9-7(13(18)19)8(14(20)21)10(16)12(11(9)17)22-6-4-2-1-3-5-6/h1-5H,(H,18,19)(H,20,21). The molecule has 2 rings (SSSR count). The average molecular weight is 328 g/mol. The summed E-state index contributed by atoms with van der Waals surface area (Å²) in [6.07, 6.45) is 0. The molecule has 4 nitrogen and oxygen atoms in total. The normalized spacial score (nSPS) is 10.5. The number of rotatable bonds is 4. The van der Waals surface area contributed by atoms with E-state index < -0.39 is 45.4 Å². The van der Waals surface area contributed by atoms with E-state index >= 15 is 0 Å². The van der Waals surface area contributed by atoms with Gasteiger partial charge in [-0.2, -0.15) is 0 Å². The first kappa shape index (κ1) is 15.9. The van der Waals surface area contributed by atoms with Crippen LogP contribution in [0, 0.1) is 17.5 Å². The van der Waals surface area contributed by atoms with Crippen LogP contribution in [0.1, 0.15) is 20.7 Å². The van der Waals surface area contributed by atoms with E-state index in [2.05, 4.69) is 0 Å². The van der Waals surface area contributed by atoms with Crippen LogP contribution in [0.4, 0.5) is 13.2 Å². The van der Waals surface area contributed by atoms with Crippen LogP contribution >= 0.6 is 11.8 Å². The summed E-state index contributed by atoms with van der Waals surface area (Å²) in [5.41, 5.74) is -2.95. The highest BCUT2D eigenvalue weighted by Gasteiger charge is 2.32. The molecule has 2 N–H and O–H groups in total. The van der Waals surface area contributed by atoms with E-state index in [1.165, 1.54) is 12.1 Å². The Morgan fingerprint density at radius 3 is 1.82 bits per heavy atom. The number of carboxylic acids is 2. The Morgan fingerprint density at radius 2 is 1.32 bits per heavy atom. The number of carbonyl (C=O) groups is 2. The second-order valence-corrected chi connectivity index (χ2v) is 5.13. The van der Waals surface area contributed by atoms with Crippen LogP contribution in [0.3, 0.4) is 0 Å². The first-order valence-electron chi connectivity index (χ1n) is 5.74. The van der Waals surface area contributed by atoms with Crippen LogP contribution in [-0.2, 0) is 0 Å². The molecule has 2 aromatic carbocycles. The highest BCUT2D eigenvalue weighted by molar-refractivity contribution is 7.99. The molecule has 2 aromatic rings. The summed E-state index contributed by atoms with van der Waals surface area (Å²) >= 11 is 0.461. The fourth-order valence-corrected chi connectivity index (χ4v) is 2.64. The van der Waals surface area contributed by atoms with Gasteiger partial charge in [0.15, 0.2) is 17.5 Å². The molecule has 0 radical (unpaired) electrons. The summed E-state index contributed by atoms with van der Waals surface area (Å²) in [7, 11) is 0. The summed E-state index contributed by atoms with van der Waals surface area (Å²) in [5.74, 6) is -9.34. The summed E-state index contributed by atoms with van der Waals surface area (Å²) in [4.78, 5) is 21.3. The van der Waals surface area contributed by atoms with Crippen molar-refractivity contribution in [3.05, 3.63) is 58.9 Å². The molecule has 0 aliphatic carbocycles. The lowest BCUT2D eigenvalue weighted by Gasteiger charge is -2.11. The van der Waals surface area contributed by atoms with E-state index in [9.17, 15) is 22.8 Å². The third-order valence-electron chi connectivity index (χ3n) is 2.67. The minimum atomic E-state index is -2.07. The Bertz CT molecular complexity index is 763. The Morgan fingerprint density at radius 1 is 0.818 bits per heavy atom. The van der Waals surface area contributed by atoms with E-state index in [0.29, 0.717) is 16.7 Å². The molecule has 0 unspecified atom stereocenters. The van der Waals surface area contributed by atoms with Gasteiger partial charge in [0.05, 0.1) is 4.90 Å². The maximum Gasteiger partial charge on any atom is 0.339 e. The smallest absolute Gasteiger partial charge is 0.339 e. The Hall–Kier alpha value is -2.48. The van der Waals surface area contributed by atoms with Crippen molar-refractivity contribution in [1.29, 1.82) is 0 Å². The second kappa shape index (κ2) is 6.10. The minimum absolute atomic E-state index is 0.333. The van der Waals surface area contributed by atoms with E-state index in [1.807, 2.05) is 0 Å². The molecule has 8 heteroatoms. The first-order valence-corrected chi connectivity index (χ1v) is 6.56. The molecule has 114 valence electrons. The van der Waals surface area contributed by atoms with E-state index in [4.69, 9.17) is 10.2 Å². The zero-order valence-electron chi connectivity index (χ0n) is 10.6. The summed E-state index contributed by atoms with van der Waals surface area (Å²) < 4.78 is 41.9. The molecule has 0 fully saturated rings. The second-order valence-electron chi connectivity index (χ2n) is 4.05. The summed E-state index contributed by atoms with van der Waals surface area (Å²) in [5, 5.41) is 17.7. The van der Waals surface area contributed by atoms with Crippen molar-refractivity contribution >= 4 is 23.7 Å². The molecule has 0 saturated heterocycles. The lowest BCUT2D eigenvalue weighted by molar-refractivity contribution is 0.0640. The van der Waals surface area contributed by atoms with Crippen molar-refractivity contribution in [2.45, 2.75) is 9.79 Å².